The fourth-order valence-corrected chi connectivity index (χ4v) is 3.10. The van der Waals surface area contributed by atoms with Gasteiger partial charge in [-0.1, -0.05) is 12.1 Å². The molecule has 0 fully saturated rings. The van der Waals surface area contributed by atoms with Gasteiger partial charge in [0.1, 0.15) is 5.82 Å². The number of hydrogen-bond donors (Lipinski definition) is 0. The summed E-state index contributed by atoms with van der Waals surface area (Å²) in [5, 5.41) is 0.513. The van der Waals surface area contributed by atoms with E-state index in [-0.39, 0.29) is 11.5 Å². The van der Waals surface area contributed by atoms with Crippen molar-refractivity contribution in [3.8, 4) is 0 Å². The number of allylic oxidation sites excluding steroid dienone is 2. The summed E-state index contributed by atoms with van der Waals surface area (Å²) in [6.45, 7) is 0. The van der Waals surface area contributed by atoms with Crippen LogP contribution in [-0.4, -0.2) is 15.5 Å². The molecular weight excluding hydrogens is 240 g/mol. The van der Waals surface area contributed by atoms with Crippen molar-refractivity contribution in [2.24, 2.45) is 0 Å². The maximum absolute atomic E-state index is 12.5. The van der Waals surface area contributed by atoms with E-state index in [9.17, 15) is 9.59 Å². The molecule has 1 aliphatic heterocycles. The number of aromatic nitrogens is 2. The van der Waals surface area contributed by atoms with Crippen LogP contribution in [0.2, 0.25) is 0 Å². The first-order chi connectivity index (χ1) is 9.27. The maximum Gasteiger partial charge on any atom is 0.281 e. The molecule has 0 saturated carbocycles. The highest BCUT2D eigenvalue weighted by molar-refractivity contribution is 6.11. The number of nitrogens with zero attached hydrogens (tertiary/aromatic N) is 2. The Bertz CT molecular complexity index is 814. The molecule has 94 valence electrons. The molecule has 2 aliphatic rings. The summed E-state index contributed by atoms with van der Waals surface area (Å²) in [4.78, 5) is 28.7. The SMILES string of the molecule is O=C1C2=C(CCCC2)c2nc(=O)c3ccccc3n21. The van der Waals surface area contributed by atoms with E-state index in [1.807, 2.05) is 12.1 Å². The van der Waals surface area contributed by atoms with Crippen LogP contribution in [0.25, 0.3) is 16.5 Å². The second kappa shape index (κ2) is 3.63. The molecule has 2 heterocycles. The molecule has 4 heteroatoms. The van der Waals surface area contributed by atoms with Gasteiger partial charge in [-0.15, -0.1) is 0 Å². The number of fused-ring (bicyclic) bond motifs is 4. The molecule has 0 unspecified atom stereocenters. The van der Waals surface area contributed by atoms with Gasteiger partial charge in [0.05, 0.1) is 10.9 Å². The molecule has 1 aromatic carbocycles. The topological polar surface area (TPSA) is 52.0 Å². The van der Waals surface area contributed by atoms with Gasteiger partial charge in [-0.25, -0.2) is 0 Å². The fraction of sp³-hybridized carbons (Fsp3) is 0.267. The molecule has 4 nitrogen and oxygen atoms in total. The average Bonchev–Trinajstić information content (AvgIpc) is 2.73. The van der Waals surface area contributed by atoms with Gasteiger partial charge < -0.3 is 0 Å². The molecule has 19 heavy (non-hydrogen) atoms. The van der Waals surface area contributed by atoms with Crippen LogP contribution in [0.1, 0.15) is 36.3 Å². The number of hydrogen-bond acceptors (Lipinski definition) is 3. The molecule has 0 N–H and O–H groups in total. The minimum atomic E-state index is -0.242. The second-order valence-electron chi connectivity index (χ2n) is 5.06. The van der Waals surface area contributed by atoms with Gasteiger partial charge >= 0.3 is 0 Å². The lowest BCUT2D eigenvalue weighted by Gasteiger charge is -2.10. The van der Waals surface area contributed by atoms with Crippen molar-refractivity contribution in [2.45, 2.75) is 25.7 Å². The minimum Gasteiger partial charge on any atom is -0.269 e. The molecule has 0 bridgehead atoms. The van der Waals surface area contributed by atoms with Crippen LogP contribution in [0.15, 0.2) is 34.6 Å². The van der Waals surface area contributed by atoms with Gasteiger partial charge in [-0.2, -0.15) is 4.98 Å². The summed E-state index contributed by atoms with van der Waals surface area (Å²) in [6.07, 6.45) is 3.77. The van der Waals surface area contributed by atoms with Gasteiger partial charge in [0, 0.05) is 11.1 Å². The standard InChI is InChI=1S/C15H12N2O2/c18-14-11-7-3-4-8-12(11)17-13(16-14)9-5-1-2-6-10(9)15(17)19/h3-4,7-8H,1-2,5-6H2. The van der Waals surface area contributed by atoms with Gasteiger partial charge in [0.25, 0.3) is 11.5 Å². The van der Waals surface area contributed by atoms with Crippen molar-refractivity contribution in [1.82, 2.24) is 9.55 Å². The Hall–Kier alpha value is -2.23. The van der Waals surface area contributed by atoms with Crippen molar-refractivity contribution in [1.29, 1.82) is 0 Å². The molecule has 0 radical (unpaired) electrons. The zero-order chi connectivity index (χ0) is 13.0. The number of carbonyl (C=O) groups is 1. The van der Waals surface area contributed by atoms with E-state index in [1.165, 1.54) is 0 Å². The second-order valence-corrected chi connectivity index (χ2v) is 5.06. The first-order valence-electron chi connectivity index (χ1n) is 6.56. The lowest BCUT2D eigenvalue weighted by Crippen LogP contribution is -2.18. The highest BCUT2D eigenvalue weighted by atomic mass is 16.2. The van der Waals surface area contributed by atoms with Crippen molar-refractivity contribution in [3.63, 3.8) is 0 Å². The number of benzene rings is 1. The predicted octanol–water partition coefficient (Wildman–Crippen LogP) is 2.38. The van der Waals surface area contributed by atoms with Crippen molar-refractivity contribution < 1.29 is 4.79 Å². The molecule has 2 aromatic rings. The Morgan fingerprint density at radius 1 is 1.00 bits per heavy atom. The number of carbonyl (C=O) groups excluding carboxylic acids is 1. The molecule has 0 amide bonds. The average molecular weight is 252 g/mol. The lowest BCUT2D eigenvalue weighted by atomic mass is 9.93. The maximum atomic E-state index is 12.5. The largest absolute Gasteiger partial charge is 0.281 e. The normalized spacial score (nSPS) is 17.8. The zero-order valence-corrected chi connectivity index (χ0v) is 10.3. The third-order valence-corrected chi connectivity index (χ3v) is 3.99. The zero-order valence-electron chi connectivity index (χ0n) is 10.3. The molecule has 0 atom stereocenters. The number of rotatable bonds is 0. The molecular formula is C15H12N2O2. The van der Waals surface area contributed by atoms with E-state index < -0.39 is 0 Å². The van der Waals surface area contributed by atoms with E-state index >= 15 is 0 Å². The van der Waals surface area contributed by atoms with Gasteiger partial charge in [0.15, 0.2) is 0 Å². The number of para-hydroxylation sites is 1. The molecule has 1 aromatic heterocycles. The van der Waals surface area contributed by atoms with E-state index in [0.717, 1.165) is 36.8 Å². The van der Waals surface area contributed by atoms with Crippen molar-refractivity contribution in [3.05, 3.63) is 46.0 Å². The molecule has 0 spiro atoms. The van der Waals surface area contributed by atoms with E-state index in [2.05, 4.69) is 4.98 Å². The first-order valence-corrected chi connectivity index (χ1v) is 6.56. The van der Waals surface area contributed by atoms with E-state index in [1.54, 1.807) is 16.7 Å². The van der Waals surface area contributed by atoms with Crippen LogP contribution in [0.3, 0.4) is 0 Å². The third-order valence-electron chi connectivity index (χ3n) is 3.99. The lowest BCUT2D eigenvalue weighted by molar-refractivity contribution is 0.0960. The third kappa shape index (κ3) is 1.31. The summed E-state index contributed by atoms with van der Waals surface area (Å²) in [5.74, 6) is 0.580. The highest BCUT2D eigenvalue weighted by Gasteiger charge is 2.32. The quantitative estimate of drug-likeness (QED) is 0.723. The summed E-state index contributed by atoms with van der Waals surface area (Å²) >= 11 is 0. The van der Waals surface area contributed by atoms with Crippen LogP contribution in [0.4, 0.5) is 0 Å². The van der Waals surface area contributed by atoms with Crippen molar-refractivity contribution >= 4 is 22.4 Å². The van der Waals surface area contributed by atoms with Crippen LogP contribution in [0.5, 0.6) is 0 Å². The Balaban J connectivity index is 2.13. The van der Waals surface area contributed by atoms with Crippen LogP contribution in [0, 0.1) is 0 Å². The monoisotopic (exact) mass is 252 g/mol. The van der Waals surface area contributed by atoms with E-state index in [4.69, 9.17) is 0 Å². The molecule has 1 aliphatic carbocycles. The summed E-state index contributed by atoms with van der Waals surface area (Å²) in [5.41, 5.74) is 2.28. The fourth-order valence-electron chi connectivity index (χ4n) is 3.10. The molecule has 0 saturated heterocycles. The predicted molar refractivity (Wildman–Crippen MR) is 72.0 cm³/mol. The van der Waals surface area contributed by atoms with Crippen molar-refractivity contribution in [2.75, 3.05) is 0 Å². The summed E-state index contributed by atoms with van der Waals surface area (Å²) in [6, 6.07) is 7.19. The smallest absolute Gasteiger partial charge is 0.269 e. The Morgan fingerprint density at radius 3 is 2.58 bits per heavy atom. The van der Waals surface area contributed by atoms with Crippen LogP contribution >= 0.6 is 0 Å². The Kier molecular flexibility index (Phi) is 2.04. The first kappa shape index (κ1) is 10.7. The Labute approximate surface area is 109 Å². The summed E-state index contributed by atoms with van der Waals surface area (Å²) in [7, 11) is 0. The van der Waals surface area contributed by atoms with Gasteiger partial charge in [-0.3, -0.25) is 14.2 Å². The van der Waals surface area contributed by atoms with Crippen LogP contribution < -0.4 is 5.56 Å². The summed E-state index contributed by atoms with van der Waals surface area (Å²) < 4.78 is 1.62. The van der Waals surface area contributed by atoms with Gasteiger partial charge in [-0.05, 0) is 37.8 Å². The van der Waals surface area contributed by atoms with Crippen LogP contribution in [-0.2, 0) is 0 Å². The Morgan fingerprint density at radius 2 is 1.74 bits per heavy atom. The highest BCUT2D eigenvalue weighted by Crippen LogP contribution is 2.37. The van der Waals surface area contributed by atoms with E-state index in [0.29, 0.717) is 16.7 Å². The minimum absolute atomic E-state index is 0.00778. The van der Waals surface area contributed by atoms with Gasteiger partial charge in [0.2, 0.25) is 0 Å². The molecule has 4 rings (SSSR count).